The van der Waals surface area contributed by atoms with E-state index in [1.165, 1.54) is 25.4 Å². The molecule has 0 spiro atoms. The molecule has 2 amide bonds. The molecule has 1 aliphatic heterocycles. The molecule has 22 heteroatoms. The van der Waals surface area contributed by atoms with Crippen molar-refractivity contribution < 1.29 is 86.0 Å². The second kappa shape index (κ2) is 29.2. The summed E-state index contributed by atoms with van der Waals surface area (Å²) in [6, 6.07) is -1.76. The van der Waals surface area contributed by atoms with Crippen molar-refractivity contribution in [2.75, 3.05) is 86.3 Å². The van der Waals surface area contributed by atoms with E-state index in [-0.39, 0.29) is 39.6 Å². The summed E-state index contributed by atoms with van der Waals surface area (Å²) in [5.41, 5.74) is 3.37. The Hall–Kier alpha value is -2.10. The molecule has 1 aliphatic rings. The lowest BCUT2D eigenvalue weighted by molar-refractivity contribution is -0.246. The van der Waals surface area contributed by atoms with Crippen LogP contribution in [0.1, 0.15) is 53.4 Å². The molecule has 7 N–H and O–H groups in total. The normalized spacial score (nSPS) is 22.9. The average Bonchev–Trinajstić information content (AvgIpc) is 3.17. The molecule has 0 aromatic rings. The Labute approximate surface area is 334 Å². The maximum Gasteiger partial charge on any atom is 0.407 e. The fraction of sp³-hybridized carbons (Fsp3) is 0.771. The van der Waals surface area contributed by atoms with Gasteiger partial charge in [0.1, 0.15) is 56.3 Å². The smallest absolute Gasteiger partial charge is 0.407 e. The van der Waals surface area contributed by atoms with E-state index in [1.54, 1.807) is 6.08 Å². The lowest BCUT2D eigenvalue weighted by Crippen LogP contribution is -2.65. The first-order valence-electron chi connectivity index (χ1n) is 18.4. The van der Waals surface area contributed by atoms with Crippen LogP contribution < -0.4 is 10.6 Å². The van der Waals surface area contributed by atoms with Gasteiger partial charge in [-0.15, -0.1) is 0 Å². The van der Waals surface area contributed by atoms with Crippen LogP contribution in [-0.4, -0.2) is 161 Å². The second-order valence-electron chi connectivity index (χ2n) is 13.3. The van der Waals surface area contributed by atoms with E-state index in [9.17, 15) is 44.3 Å². The number of carbonyl (C=O) groups excluding carboxylic acids is 2. The van der Waals surface area contributed by atoms with E-state index in [0.29, 0.717) is 13.0 Å². The number of carbonyl (C=O) groups is 2. The summed E-state index contributed by atoms with van der Waals surface area (Å²) >= 11 is 0. The molecule has 20 nitrogen and oxygen atoms in total. The highest BCUT2D eigenvalue weighted by atomic mass is 31.3. The minimum Gasteiger partial charge on any atom is -0.447 e. The number of aliphatic hydroxyl groups excluding tert-OH is 5. The Morgan fingerprint density at radius 1 is 0.825 bits per heavy atom. The molecule has 0 aromatic heterocycles. The van der Waals surface area contributed by atoms with Gasteiger partial charge in [0.05, 0.1) is 46.2 Å². The fourth-order valence-electron chi connectivity index (χ4n) is 4.88. The van der Waals surface area contributed by atoms with Crippen molar-refractivity contribution in [3.8, 4) is 0 Å². The molecule has 332 valence electrons. The van der Waals surface area contributed by atoms with Gasteiger partial charge >= 0.3 is 21.3 Å². The largest absolute Gasteiger partial charge is 0.447 e. The number of hydrogen-bond acceptors (Lipinski definition) is 18. The van der Waals surface area contributed by atoms with Crippen molar-refractivity contribution >= 4 is 27.2 Å². The van der Waals surface area contributed by atoms with Gasteiger partial charge in [-0.2, -0.15) is 0 Å². The summed E-state index contributed by atoms with van der Waals surface area (Å²) in [6.07, 6.45) is -2.51. The number of hydrogen-bond donors (Lipinski definition) is 7. The van der Waals surface area contributed by atoms with Gasteiger partial charge in [0.25, 0.3) is 0 Å². The van der Waals surface area contributed by atoms with E-state index in [1.807, 2.05) is 20.8 Å². The molecule has 0 bridgehead atoms. The fourth-order valence-corrected chi connectivity index (χ4v) is 8.10. The first-order chi connectivity index (χ1) is 27.0. The third-order valence-electron chi connectivity index (χ3n) is 8.06. The lowest BCUT2D eigenvalue weighted by atomic mass is 9.97. The van der Waals surface area contributed by atoms with Crippen LogP contribution in [0.15, 0.2) is 34.9 Å². The van der Waals surface area contributed by atoms with Crippen LogP contribution in [0.5, 0.6) is 0 Å². The monoisotopic (exact) mass is 862 g/mol. The molecule has 1 rings (SSSR count). The number of ether oxygens (including phenoxy) is 6. The molecule has 1 fully saturated rings. The number of rotatable bonds is 30. The van der Waals surface area contributed by atoms with Crippen LogP contribution in [-0.2, 0) is 55.7 Å². The summed E-state index contributed by atoms with van der Waals surface area (Å²) in [5.74, 6) is -0.987. The molecular formula is C35H64N2O18P2. The van der Waals surface area contributed by atoms with Gasteiger partial charge in [0, 0.05) is 14.2 Å². The summed E-state index contributed by atoms with van der Waals surface area (Å²) in [4.78, 5) is 25.2. The van der Waals surface area contributed by atoms with Gasteiger partial charge in [-0.25, -0.2) is 9.11 Å². The summed E-state index contributed by atoms with van der Waals surface area (Å²) in [7, 11) is -6.58. The zero-order chi connectivity index (χ0) is 42.9. The highest BCUT2D eigenvalue weighted by molar-refractivity contribution is 7.67. The highest BCUT2D eigenvalue weighted by Gasteiger charge is 2.49. The maximum absolute atomic E-state index is 13.6. The molecule has 3 unspecified atom stereocenters. The zero-order valence-corrected chi connectivity index (χ0v) is 35.5. The molecule has 0 radical (unpaired) electrons. The van der Waals surface area contributed by atoms with Crippen LogP contribution in [0.25, 0.3) is 0 Å². The Bertz CT molecular complexity index is 1360. The van der Waals surface area contributed by atoms with Crippen LogP contribution in [0, 0.1) is 0 Å². The number of aliphatic hydroxyl groups is 5. The van der Waals surface area contributed by atoms with Crippen LogP contribution in [0.4, 0.5) is 4.79 Å². The molecule has 0 aromatic carbocycles. The average molecular weight is 863 g/mol. The minimum absolute atomic E-state index is 0.0620. The van der Waals surface area contributed by atoms with Gasteiger partial charge < -0.3 is 69.1 Å². The number of alkyl carbamates (subject to hydrolysis) is 1. The van der Waals surface area contributed by atoms with Gasteiger partial charge in [0.2, 0.25) is 5.91 Å². The van der Waals surface area contributed by atoms with Crippen molar-refractivity contribution in [1.29, 1.82) is 0 Å². The molecular weight excluding hydrogens is 798 g/mol. The van der Waals surface area contributed by atoms with E-state index in [4.69, 9.17) is 41.8 Å². The van der Waals surface area contributed by atoms with Crippen LogP contribution in [0.2, 0.25) is 0 Å². The van der Waals surface area contributed by atoms with Gasteiger partial charge in [-0.1, -0.05) is 34.9 Å². The van der Waals surface area contributed by atoms with Crippen LogP contribution in [0.3, 0.4) is 0 Å². The predicted octanol–water partition coefficient (Wildman–Crippen LogP) is 2.09. The lowest BCUT2D eigenvalue weighted by Gasteiger charge is -2.42. The third kappa shape index (κ3) is 22.2. The minimum atomic E-state index is -4.95. The Balaban J connectivity index is 2.90. The molecule has 1 saturated heterocycles. The number of allylic oxidation sites excluding steroid dienone is 5. The Morgan fingerprint density at radius 3 is 2.07 bits per heavy atom. The van der Waals surface area contributed by atoms with Gasteiger partial charge in [-0.05, 0) is 53.4 Å². The SMILES string of the molecule is COCCOCC(COC(=O)NCC(=O)NC1[C@@H](O[P@@](=O)(CO)O[P@@](=O)(CO)OC/C=C(/C)CC/C=C(\C)CCC=C(C)C)OC(CO)[C@@H](O)[C@@H]1O)OCCOC. The number of amides is 2. The maximum atomic E-state index is 13.6. The molecule has 0 aliphatic carbocycles. The van der Waals surface area contributed by atoms with Crippen molar-refractivity contribution in [3.63, 3.8) is 0 Å². The zero-order valence-electron chi connectivity index (χ0n) is 33.7. The van der Waals surface area contributed by atoms with E-state index < -0.39 is 89.8 Å². The molecule has 0 saturated carbocycles. The van der Waals surface area contributed by atoms with Crippen molar-refractivity contribution in [1.82, 2.24) is 10.6 Å². The van der Waals surface area contributed by atoms with Gasteiger partial charge in [-0.3, -0.25) is 18.4 Å². The Kier molecular flexibility index (Phi) is 27.1. The van der Waals surface area contributed by atoms with E-state index >= 15 is 0 Å². The quantitative estimate of drug-likeness (QED) is 0.0309. The molecule has 57 heavy (non-hydrogen) atoms. The topological polar surface area (TPSA) is 277 Å². The molecule has 1 heterocycles. The molecule has 8 atom stereocenters. The first kappa shape index (κ1) is 52.9. The second-order valence-corrected chi connectivity index (χ2v) is 17.4. The summed E-state index contributed by atoms with van der Waals surface area (Å²) in [5, 5.41) is 55.3. The number of methoxy groups -OCH3 is 2. The van der Waals surface area contributed by atoms with E-state index in [2.05, 4.69) is 29.7 Å². The van der Waals surface area contributed by atoms with E-state index in [0.717, 1.165) is 24.8 Å². The summed E-state index contributed by atoms with van der Waals surface area (Å²) in [6.45, 7) is 6.90. The van der Waals surface area contributed by atoms with Crippen molar-refractivity contribution in [3.05, 3.63) is 34.9 Å². The van der Waals surface area contributed by atoms with Crippen molar-refractivity contribution in [2.24, 2.45) is 0 Å². The highest BCUT2D eigenvalue weighted by Crippen LogP contribution is 2.64. The number of nitrogens with one attached hydrogen (secondary N) is 2. The van der Waals surface area contributed by atoms with Crippen molar-refractivity contribution in [2.45, 2.75) is 90.1 Å². The van der Waals surface area contributed by atoms with Crippen LogP contribution >= 0.6 is 15.2 Å². The Morgan fingerprint density at radius 2 is 1.46 bits per heavy atom. The first-order valence-corrected chi connectivity index (χ1v) is 21.9. The standard InChI is InChI=1S/C35H64N2O18P2/c1-25(2)9-7-10-26(3)11-8-12-27(4)13-14-52-56(45,23-39)55-57(46,24-40)54-34-31(33(43)32(42)29(20-38)53-34)37-30(41)19-36-35(44)51-22-28(50-18-16-48-6)21-49-17-15-47-5/h9,11,13,28-29,31-34,38-40,42-43H,7-8,10,12,14-24H2,1-6H3,(H,36,44)(H,37,41)/b26-11+,27-13-/t28?,29?,31?,32-,33-,34-,56-,57+/m1/s1. The van der Waals surface area contributed by atoms with Gasteiger partial charge in [0.15, 0.2) is 6.29 Å². The third-order valence-corrected chi connectivity index (χ3v) is 11.8. The predicted molar refractivity (Wildman–Crippen MR) is 206 cm³/mol. The summed E-state index contributed by atoms with van der Waals surface area (Å²) < 4.78 is 74.0.